The molecule has 2 aliphatic rings. The Bertz CT molecular complexity index is 1050. The molecule has 0 unspecified atom stereocenters. The monoisotopic (exact) mass is 451 g/mol. The summed E-state index contributed by atoms with van der Waals surface area (Å²) in [6.07, 6.45) is 3.75. The molecule has 1 aliphatic carbocycles. The second-order valence-electron chi connectivity index (χ2n) is 8.10. The lowest BCUT2D eigenvalue weighted by molar-refractivity contribution is -0.140. The largest absolute Gasteiger partial charge is 0.488 e. The first-order chi connectivity index (χ1) is 16.0. The Morgan fingerprint density at radius 3 is 2.42 bits per heavy atom. The van der Waals surface area contributed by atoms with Crippen molar-refractivity contribution in [3.63, 3.8) is 0 Å². The fourth-order valence-corrected chi connectivity index (χ4v) is 4.08. The zero-order valence-corrected chi connectivity index (χ0v) is 18.0. The van der Waals surface area contributed by atoms with Gasteiger partial charge < -0.3 is 14.8 Å². The van der Waals surface area contributed by atoms with Crippen LogP contribution in [0.4, 0.5) is 4.79 Å². The van der Waals surface area contributed by atoms with E-state index in [4.69, 9.17) is 9.47 Å². The number of para-hydroxylation sites is 1. The molecule has 172 valence electrons. The Balaban J connectivity index is 1.32. The van der Waals surface area contributed by atoms with E-state index < -0.39 is 36.0 Å². The van der Waals surface area contributed by atoms with Gasteiger partial charge in [0.05, 0.1) is 0 Å². The summed E-state index contributed by atoms with van der Waals surface area (Å²) >= 11 is 0. The highest BCUT2D eigenvalue weighted by Gasteiger charge is 2.52. The zero-order chi connectivity index (χ0) is 23.3. The van der Waals surface area contributed by atoms with E-state index in [0.29, 0.717) is 23.6 Å². The Labute approximate surface area is 191 Å². The van der Waals surface area contributed by atoms with Gasteiger partial charge in [0.15, 0.2) is 6.61 Å². The van der Waals surface area contributed by atoms with E-state index in [1.807, 2.05) is 30.3 Å². The maximum Gasteiger partial charge on any atom is 0.344 e. The van der Waals surface area contributed by atoms with Crippen LogP contribution in [0.1, 0.15) is 48.0 Å². The van der Waals surface area contributed by atoms with Gasteiger partial charge in [-0.2, -0.15) is 5.01 Å². The molecule has 2 N–H and O–H groups in total. The van der Waals surface area contributed by atoms with Crippen molar-refractivity contribution < 1.29 is 28.7 Å². The van der Waals surface area contributed by atoms with Crippen LogP contribution in [0.15, 0.2) is 54.6 Å². The molecule has 4 rings (SSSR count). The average molecular weight is 451 g/mol. The number of ether oxygens (including phenoxy) is 2. The summed E-state index contributed by atoms with van der Waals surface area (Å²) in [5, 5.41) is 3.38. The molecule has 2 aromatic carbocycles. The molecule has 0 atom stereocenters. The van der Waals surface area contributed by atoms with Crippen molar-refractivity contribution in [2.24, 2.45) is 0 Å². The number of nitrogens with one attached hydrogen (secondary N) is 2. The number of rotatable bonds is 7. The summed E-state index contributed by atoms with van der Waals surface area (Å²) in [7, 11) is 0. The number of amides is 4. The second kappa shape index (κ2) is 9.72. The highest BCUT2D eigenvalue weighted by molar-refractivity contribution is 6.08. The normalized spacial score (nSPS) is 16.9. The zero-order valence-electron chi connectivity index (χ0n) is 18.0. The van der Waals surface area contributed by atoms with E-state index in [2.05, 4.69) is 10.7 Å². The number of hydrogen-bond acceptors (Lipinski definition) is 6. The summed E-state index contributed by atoms with van der Waals surface area (Å²) in [6.45, 7) is -0.393. The lowest BCUT2D eigenvalue weighted by atomic mass is 9.82. The molecule has 2 fully saturated rings. The Morgan fingerprint density at radius 1 is 0.970 bits per heavy atom. The lowest BCUT2D eigenvalue weighted by Gasteiger charge is -2.30. The fraction of sp³-hybridized carbons (Fsp3) is 0.333. The summed E-state index contributed by atoms with van der Waals surface area (Å²) in [5.74, 6) is -1.70. The van der Waals surface area contributed by atoms with Crippen molar-refractivity contribution in [2.75, 3.05) is 6.61 Å². The van der Waals surface area contributed by atoms with Crippen LogP contribution in [-0.4, -0.2) is 41.0 Å². The standard InChI is InChI=1S/C24H25N3O6/c28-20(26-27-22(30)24(25-23(27)31)13-7-2-8-14-24)16-33-21(29)18-11-5-6-12-19(18)32-15-17-9-3-1-4-10-17/h1,3-6,9-12H,2,7-8,13-16H2,(H,25,31)(H,26,28). The molecule has 1 saturated carbocycles. The van der Waals surface area contributed by atoms with Crippen LogP contribution in [-0.2, 0) is 20.9 Å². The number of urea groups is 1. The molecule has 1 aliphatic heterocycles. The third-order valence-electron chi connectivity index (χ3n) is 5.78. The predicted octanol–water partition coefficient (Wildman–Crippen LogP) is 2.71. The SMILES string of the molecule is O=C(COC(=O)c1ccccc1OCc1ccccc1)NN1C(=O)NC2(CCCCC2)C1=O. The predicted molar refractivity (Wildman–Crippen MR) is 117 cm³/mol. The molecule has 4 amide bonds. The van der Waals surface area contributed by atoms with E-state index in [1.54, 1.807) is 18.2 Å². The minimum absolute atomic E-state index is 0.164. The van der Waals surface area contributed by atoms with Crippen molar-refractivity contribution >= 4 is 23.8 Å². The third kappa shape index (κ3) is 4.97. The number of carbonyl (C=O) groups excluding carboxylic acids is 4. The van der Waals surface area contributed by atoms with E-state index in [1.165, 1.54) is 6.07 Å². The molecule has 2 aromatic rings. The molecule has 9 heteroatoms. The molecule has 1 spiro atoms. The molecule has 9 nitrogen and oxygen atoms in total. The van der Waals surface area contributed by atoms with Crippen LogP contribution in [0.5, 0.6) is 5.75 Å². The number of esters is 1. The Morgan fingerprint density at radius 2 is 1.67 bits per heavy atom. The first-order valence-corrected chi connectivity index (χ1v) is 10.9. The van der Waals surface area contributed by atoms with E-state index >= 15 is 0 Å². The topological polar surface area (TPSA) is 114 Å². The molecule has 0 aromatic heterocycles. The van der Waals surface area contributed by atoms with E-state index in [9.17, 15) is 19.2 Å². The number of hydrogen-bond donors (Lipinski definition) is 2. The number of nitrogens with zero attached hydrogens (tertiary/aromatic N) is 1. The van der Waals surface area contributed by atoms with Crippen LogP contribution >= 0.6 is 0 Å². The van der Waals surface area contributed by atoms with Gasteiger partial charge in [-0.15, -0.1) is 0 Å². The van der Waals surface area contributed by atoms with Crippen LogP contribution < -0.4 is 15.5 Å². The van der Waals surface area contributed by atoms with Gasteiger partial charge in [-0.1, -0.05) is 61.7 Å². The maximum atomic E-state index is 12.7. The molecular formula is C24H25N3O6. The summed E-state index contributed by atoms with van der Waals surface area (Å²) in [5.41, 5.74) is 2.39. The minimum atomic E-state index is -0.950. The first kappa shape index (κ1) is 22.3. The van der Waals surface area contributed by atoms with Crippen molar-refractivity contribution in [1.82, 2.24) is 15.8 Å². The van der Waals surface area contributed by atoms with Crippen molar-refractivity contribution in [2.45, 2.75) is 44.2 Å². The highest BCUT2D eigenvalue weighted by Crippen LogP contribution is 2.33. The van der Waals surface area contributed by atoms with Gasteiger partial charge in [-0.3, -0.25) is 15.0 Å². The van der Waals surface area contributed by atoms with Crippen molar-refractivity contribution in [1.29, 1.82) is 0 Å². The number of hydrazine groups is 1. The van der Waals surface area contributed by atoms with Crippen molar-refractivity contribution in [3.8, 4) is 5.75 Å². The van der Waals surface area contributed by atoms with Gasteiger partial charge in [0.2, 0.25) is 0 Å². The number of carbonyl (C=O) groups is 4. The Hall–Kier alpha value is -3.88. The fourth-order valence-electron chi connectivity index (χ4n) is 4.08. The van der Waals surface area contributed by atoms with Gasteiger partial charge in [-0.05, 0) is 30.5 Å². The molecule has 1 saturated heterocycles. The van der Waals surface area contributed by atoms with Gasteiger partial charge >= 0.3 is 12.0 Å². The summed E-state index contributed by atoms with van der Waals surface area (Å²) < 4.78 is 10.8. The summed E-state index contributed by atoms with van der Waals surface area (Å²) in [4.78, 5) is 49.8. The second-order valence-corrected chi connectivity index (χ2v) is 8.10. The van der Waals surface area contributed by atoms with E-state index in [-0.39, 0.29) is 12.2 Å². The third-order valence-corrected chi connectivity index (χ3v) is 5.78. The lowest BCUT2D eigenvalue weighted by Crippen LogP contribution is -2.51. The highest BCUT2D eigenvalue weighted by atomic mass is 16.5. The van der Waals surface area contributed by atoms with Gasteiger partial charge in [0.1, 0.15) is 23.5 Å². The smallest absolute Gasteiger partial charge is 0.344 e. The minimum Gasteiger partial charge on any atom is -0.488 e. The van der Waals surface area contributed by atoms with Crippen LogP contribution in [0, 0.1) is 0 Å². The molecule has 33 heavy (non-hydrogen) atoms. The number of benzene rings is 2. The average Bonchev–Trinajstić information content (AvgIpc) is 3.06. The van der Waals surface area contributed by atoms with Crippen molar-refractivity contribution in [3.05, 3.63) is 65.7 Å². The van der Waals surface area contributed by atoms with E-state index in [0.717, 1.165) is 24.8 Å². The first-order valence-electron chi connectivity index (χ1n) is 10.9. The van der Waals surface area contributed by atoms with Gasteiger partial charge in [0, 0.05) is 0 Å². The number of imide groups is 1. The molecule has 1 heterocycles. The van der Waals surface area contributed by atoms with Crippen LogP contribution in [0.25, 0.3) is 0 Å². The Kier molecular flexibility index (Phi) is 6.58. The maximum absolute atomic E-state index is 12.7. The molecule has 0 radical (unpaired) electrons. The molecular weight excluding hydrogens is 426 g/mol. The van der Waals surface area contributed by atoms with Gasteiger partial charge in [0.25, 0.3) is 11.8 Å². The van der Waals surface area contributed by atoms with Gasteiger partial charge in [-0.25, -0.2) is 9.59 Å². The quantitative estimate of drug-likeness (QED) is 0.494. The molecule has 0 bridgehead atoms. The summed E-state index contributed by atoms with van der Waals surface area (Å²) in [6, 6.07) is 15.3. The van der Waals surface area contributed by atoms with Crippen LogP contribution in [0.2, 0.25) is 0 Å². The van der Waals surface area contributed by atoms with Crippen LogP contribution in [0.3, 0.4) is 0 Å².